The summed E-state index contributed by atoms with van der Waals surface area (Å²) in [6, 6.07) is 0.391. The average molecular weight is 255 g/mol. The highest BCUT2D eigenvalue weighted by Crippen LogP contribution is 2.29. The van der Waals surface area contributed by atoms with Crippen molar-refractivity contribution in [1.82, 2.24) is 10.2 Å². The molecule has 4 nitrogen and oxygen atoms in total. The summed E-state index contributed by atoms with van der Waals surface area (Å²) in [5.41, 5.74) is 5.68. The molecule has 0 aromatic rings. The first-order chi connectivity index (χ1) is 8.52. The van der Waals surface area contributed by atoms with Crippen molar-refractivity contribution in [1.29, 1.82) is 0 Å². The highest BCUT2D eigenvalue weighted by atomic mass is 16.1. The molecule has 1 saturated carbocycles. The molecule has 1 aliphatic rings. The molecule has 1 atom stereocenters. The van der Waals surface area contributed by atoms with Crippen LogP contribution in [0.1, 0.15) is 39.0 Å². The van der Waals surface area contributed by atoms with E-state index in [4.69, 9.17) is 5.73 Å². The maximum Gasteiger partial charge on any atom is 0.220 e. The second-order valence-electron chi connectivity index (χ2n) is 5.94. The summed E-state index contributed by atoms with van der Waals surface area (Å²) in [6.45, 7) is 3.66. The van der Waals surface area contributed by atoms with Gasteiger partial charge >= 0.3 is 0 Å². The lowest BCUT2D eigenvalue weighted by Crippen LogP contribution is -2.39. The van der Waals surface area contributed by atoms with Gasteiger partial charge in [-0.25, -0.2) is 0 Å². The summed E-state index contributed by atoms with van der Waals surface area (Å²) in [7, 11) is 4.07. The van der Waals surface area contributed by atoms with Gasteiger partial charge in [0.1, 0.15) is 0 Å². The third-order valence-electron chi connectivity index (χ3n) is 4.25. The van der Waals surface area contributed by atoms with Crippen molar-refractivity contribution < 1.29 is 4.79 Å². The molecule has 0 heterocycles. The lowest BCUT2D eigenvalue weighted by Gasteiger charge is -2.27. The van der Waals surface area contributed by atoms with E-state index in [1.54, 1.807) is 0 Å². The zero-order valence-corrected chi connectivity index (χ0v) is 12.1. The summed E-state index contributed by atoms with van der Waals surface area (Å²) < 4.78 is 0. The molecule has 4 heteroatoms. The van der Waals surface area contributed by atoms with Gasteiger partial charge < -0.3 is 16.0 Å². The Morgan fingerprint density at radius 3 is 2.33 bits per heavy atom. The molecule has 0 aromatic heterocycles. The second-order valence-corrected chi connectivity index (χ2v) is 5.94. The van der Waals surface area contributed by atoms with Crippen LogP contribution in [0.3, 0.4) is 0 Å². The Kier molecular flexibility index (Phi) is 6.65. The number of nitrogens with zero attached hydrogens (tertiary/aromatic N) is 1. The van der Waals surface area contributed by atoms with Crippen molar-refractivity contribution in [3.8, 4) is 0 Å². The number of hydrogen-bond acceptors (Lipinski definition) is 3. The van der Waals surface area contributed by atoms with Crippen molar-refractivity contribution in [3.05, 3.63) is 0 Å². The minimum Gasteiger partial charge on any atom is -0.355 e. The molecule has 1 unspecified atom stereocenters. The third kappa shape index (κ3) is 5.36. The topological polar surface area (TPSA) is 58.4 Å². The number of carbonyl (C=O) groups is 1. The Balaban J connectivity index is 2.17. The summed E-state index contributed by atoms with van der Waals surface area (Å²) in [4.78, 5) is 14.0. The van der Waals surface area contributed by atoms with E-state index < -0.39 is 0 Å². The van der Waals surface area contributed by atoms with Gasteiger partial charge in [-0.05, 0) is 65.1 Å². The van der Waals surface area contributed by atoms with Gasteiger partial charge in [-0.2, -0.15) is 0 Å². The molecule has 0 saturated heterocycles. The fourth-order valence-corrected chi connectivity index (χ4v) is 2.45. The smallest absolute Gasteiger partial charge is 0.220 e. The first-order valence-electron chi connectivity index (χ1n) is 7.16. The minimum absolute atomic E-state index is 0.208. The summed E-state index contributed by atoms with van der Waals surface area (Å²) >= 11 is 0. The maximum absolute atomic E-state index is 11.8. The van der Waals surface area contributed by atoms with Crippen molar-refractivity contribution >= 4 is 5.91 Å². The lowest BCUT2D eigenvalue weighted by molar-refractivity contribution is -0.122. The molecule has 0 radical (unpaired) electrons. The van der Waals surface area contributed by atoms with E-state index in [2.05, 4.69) is 17.1 Å². The predicted molar refractivity (Wildman–Crippen MR) is 75.3 cm³/mol. The number of likely N-dealkylation sites (N-methyl/N-ethyl adjacent to an activating group) is 1. The van der Waals surface area contributed by atoms with Crippen LogP contribution in [-0.2, 0) is 4.79 Å². The Hall–Kier alpha value is -0.610. The minimum atomic E-state index is 0.208. The molecule has 1 aliphatic carbocycles. The number of nitrogens with one attached hydrogen (secondary N) is 1. The van der Waals surface area contributed by atoms with Crippen LogP contribution in [0.4, 0.5) is 0 Å². The van der Waals surface area contributed by atoms with Gasteiger partial charge in [0, 0.05) is 19.0 Å². The van der Waals surface area contributed by atoms with E-state index in [0.717, 1.165) is 13.1 Å². The molecule has 1 amide bonds. The van der Waals surface area contributed by atoms with Gasteiger partial charge in [0.15, 0.2) is 0 Å². The van der Waals surface area contributed by atoms with Crippen LogP contribution in [0.25, 0.3) is 0 Å². The zero-order valence-electron chi connectivity index (χ0n) is 12.1. The van der Waals surface area contributed by atoms with Crippen molar-refractivity contribution in [2.75, 3.05) is 27.2 Å². The molecule has 0 aromatic carbocycles. The Labute approximate surface area is 111 Å². The van der Waals surface area contributed by atoms with Crippen molar-refractivity contribution in [2.45, 2.75) is 45.1 Å². The molecule has 0 bridgehead atoms. The fourth-order valence-electron chi connectivity index (χ4n) is 2.45. The molecular weight excluding hydrogens is 226 g/mol. The maximum atomic E-state index is 11.8. The standard InChI is InChI=1S/C14H29N3O/c1-11(17(2)3)10-16-14(18)8-12-4-6-13(9-15)7-5-12/h11-13H,4-10,15H2,1-3H3,(H,16,18). The third-order valence-corrected chi connectivity index (χ3v) is 4.25. The van der Waals surface area contributed by atoms with E-state index in [9.17, 15) is 4.79 Å². The second kappa shape index (κ2) is 7.74. The normalized spacial score (nSPS) is 26.1. The number of rotatable bonds is 6. The summed E-state index contributed by atoms with van der Waals surface area (Å²) in [5.74, 6) is 1.47. The first-order valence-corrected chi connectivity index (χ1v) is 7.16. The highest BCUT2D eigenvalue weighted by molar-refractivity contribution is 5.76. The van der Waals surface area contributed by atoms with Crippen molar-refractivity contribution in [3.63, 3.8) is 0 Å². The Morgan fingerprint density at radius 2 is 1.83 bits per heavy atom. The number of carbonyl (C=O) groups excluding carboxylic acids is 1. The van der Waals surface area contributed by atoms with E-state index in [1.165, 1.54) is 25.7 Å². The van der Waals surface area contributed by atoms with Gasteiger partial charge in [0.2, 0.25) is 5.91 Å². The van der Waals surface area contributed by atoms with E-state index in [0.29, 0.717) is 24.3 Å². The quantitative estimate of drug-likeness (QED) is 0.750. The van der Waals surface area contributed by atoms with Crippen LogP contribution in [0.5, 0.6) is 0 Å². The Bertz CT molecular complexity index is 247. The molecule has 106 valence electrons. The molecule has 18 heavy (non-hydrogen) atoms. The van der Waals surface area contributed by atoms with Gasteiger partial charge in [-0.1, -0.05) is 0 Å². The predicted octanol–water partition coefficient (Wildman–Crippen LogP) is 1.21. The van der Waals surface area contributed by atoms with E-state index in [-0.39, 0.29) is 5.91 Å². The molecule has 1 fully saturated rings. The zero-order chi connectivity index (χ0) is 13.5. The van der Waals surface area contributed by atoms with Gasteiger partial charge in [-0.3, -0.25) is 4.79 Å². The first kappa shape index (κ1) is 15.4. The van der Waals surface area contributed by atoms with Gasteiger partial charge in [0.05, 0.1) is 0 Å². The largest absolute Gasteiger partial charge is 0.355 e. The van der Waals surface area contributed by atoms with Crippen LogP contribution >= 0.6 is 0 Å². The van der Waals surface area contributed by atoms with Crippen molar-refractivity contribution in [2.24, 2.45) is 17.6 Å². The van der Waals surface area contributed by atoms with Crippen LogP contribution in [0.2, 0.25) is 0 Å². The lowest BCUT2D eigenvalue weighted by atomic mass is 9.80. The molecular formula is C14H29N3O. The fraction of sp³-hybridized carbons (Fsp3) is 0.929. The molecule has 0 spiro atoms. The van der Waals surface area contributed by atoms with Crippen LogP contribution in [0.15, 0.2) is 0 Å². The SMILES string of the molecule is CC(CNC(=O)CC1CCC(CN)CC1)N(C)C. The monoisotopic (exact) mass is 255 g/mol. The molecule has 1 rings (SSSR count). The number of hydrogen-bond donors (Lipinski definition) is 2. The summed E-state index contributed by atoms with van der Waals surface area (Å²) in [5, 5.41) is 3.03. The average Bonchev–Trinajstić information content (AvgIpc) is 2.36. The van der Waals surface area contributed by atoms with Gasteiger partial charge in [-0.15, -0.1) is 0 Å². The van der Waals surface area contributed by atoms with Gasteiger partial charge in [0.25, 0.3) is 0 Å². The molecule has 0 aliphatic heterocycles. The number of amides is 1. The van der Waals surface area contributed by atoms with Crippen LogP contribution < -0.4 is 11.1 Å². The van der Waals surface area contributed by atoms with E-state index >= 15 is 0 Å². The van der Waals surface area contributed by atoms with E-state index in [1.807, 2.05) is 14.1 Å². The molecule has 3 N–H and O–H groups in total. The number of nitrogens with two attached hydrogens (primary N) is 1. The Morgan fingerprint density at radius 1 is 1.28 bits per heavy atom. The van der Waals surface area contributed by atoms with Crippen LogP contribution in [-0.4, -0.2) is 44.0 Å². The highest BCUT2D eigenvalue weighted by Gasteiger charge is 2.22. The van der Waals surface area contributed by atoms with Crippen LogP contribution in [0, 0.1) is 11.8 Å². The summed E-state index contributed by atoms with van der Waals surface area (Å²) in [6.07, 6.45) is 5.42.